The van der Waals surface area contributed by atoms with Gasteiger partial charge in [0.15, 0.2) is 0 Å². The Morgan fingerprint density at radius 1 is 0.919 bits per heavy atom. The van der Waals surface area contributed by atoms with Crippen molar-refractivity contribution in [2.75, 3.05) is 13.2 Å². The number of nitrogens with zero attached hydrogens (tertiary/aromatic N) is 3. The fourth-order valence-corrected chi connectivity index (χ4v) is 5.53. The number of rotatable bonds is 12. The first-order valence-electron chi connectivity index (χ1n) is 14.4. The molecule has 2 aromatic heterocycles. The number of nitrogens with one attached hydrogen (secondary N) is 1. The average Bonchev–Trinajstić information content (AvgIpc) is 3.67. The molecule has 37 heavy (non-hydrogen) atoms. The summed E-state index contributed by atoms with van der Waals surface area (Å²) < 4.78 is 17.8. The number of carbonyl (C=O) groups excluding carboxylic acids is 1. The van der Waals surface area contributed by atoms with Gasteiger partial charge in [-0.25, -0.2) is 9.89 Å². The molecule has 6 rings (SSSR count). The first kappa shape index (κ1) is 26.1. The Morgan fingerprint density at radius 2 is 1.46 bits per heavy atom. The van der Waals surface area contributed by atoms with Gasteiger partial charge in [0.1, 0.15) is 5.60 Å². The second kappa shape index (κ2) is 11.5. The zero-order valence-corrected chi connectivity index (χ0v) is 22.7. The van der Waals surface area contributed by atoms with E-state index in [0.717, 1.165) is 54.4 Å². The van der Waals surface area contributed by atoms with Gasteiger partial charge < -0.3 is 14.2 Å². The third-order valence-electron chi connectivity index (χ3n) is 7.94. The minimum atomic E-state index is -0.522. The van der Waals surface area contributed by atoms with Crippen LogP contribution in [0.1, 0.15) is 85.0 Å². The third kappa shape index (κ3) is 8.50. The Kier molecular flexibility index (Phi) is 8.10. The van der Waals surface area contributed by atoms with Gasteiger partial charge in [-0.2, -0.15) is 9.78 Å². The Labute approximate surface area is 220 Å². The molecular formula is C29H44N4O4. The summed E-state index contributed by atoms with van der Waals surface area (Å²) in [5, 5.41) is 10.8. The highest BCUT2D eigenvalue weighted by atomic mass is 16.6. The second-order valence-electron chi connectivity index (χ2n) is 12.5. The monoisotopic (exact) mass is 512 g/mol. The Morgan fingerprint density at radius 3 is 1.92 bits per heavy atom. The van der Waals surface area contributed by atoms with E-state index in [1.165, 1.54) is 62.5 Å². The molecule has 8 heteroatoms. The van der Waals surface area contributed by atoms with Crippen LogP contribution in [0.25, 0.3) is 0 Å². The van der Waals surface area contributed by atoms with Gasteiger partial charge in [-0.15, -0.1) is 5.10 Å². The molecule has 0 radical (unpaired) electrons. The molecule has 0 bridgehead atoms. The summed E-state index contributed by atoms with van der Waals surface area (Å²) in [5.41, 5.74) is -0.522. The van der Waals surface area contributed by atoms with E-state index in [9.17, 15) is 4.79 Å². The topological polar surface area (TPSA) is 91.3 Å². The lowest BCUT2D eigenvalue weighted by molar-refractivity contribution is 0.0511. The Hall–Kier alpha value is -2.51. The van der Waals surface area contributed by atoms with Crippen molar-refractivity contribution in [3.63, 3.8) is 0 Å². The fraction of sp³-hybridized carbons (Fsp3) is 0.759. The van der Waals surface area contributed by atoms with Crippen LogP contribution in [-0.4, -0.2) is 44.9 Å². The maximum absolute atomic E-state index is 11.9. The molecule has 0 aromatic carbocycles. The van der Waals surface area contributed by atoms with E-state index in [1.54, 1.807) is 18.5 Å². The van der Waals surface area contributed by atoms with E-state index in [2.05, 4.69) is 15.3 Å². The van der Waals surface area contributed by atoms with Gasteiger partial charge in [0.2, 0.25) is 11.8 Å². The van der Waals surface area contributed by atoms with Gasteiger partial charge in [0.05, 0.1) is 19.4 Å². The molecule has 0 atom stereocenters. The van der Waals surface area contributed by atoms with Crippen LogP contribution in [0.4, 0.5) is 4.79 Å². The second-order valence-corrected chi connectivity index (χ2v) is 12.5. The van der Waals surface area contributed by atoms with Crippen molar-refractivity contribution >= 4 is 6.09 Å². The van der Waals surface area contributed by atoms with E-state index in [1.807, 2.05) is 26.8 Å². The predicted octanol–water partition coefficient (Wildman–Crippen LogP) is 6.49. The summed E-state index contributed by atoms with van der Waals surface area (Å²) in [5.74, 6) is 7.04. The van der Waals surface area contributed by atoms with Crippen LogP contribution in [0.2, 0.25) is 0 Å². The summed E-state index contributed by atoms with van der Waals surface area (Å²) in [4.78, 5) is 11.9. The van der Waals surface area contributed by atoms with E-state index in [0.29, 0.717) is 12.5 Å². The highest BCUT2D eigenvalue weighted by Gasteiger charge is 2.41. The van der Waals surface area contributed by atoms with Gasteiger partial charge in [0.25, 0.3) is 0 Å². The lowest BCUT2D eigenvalue weighted by Crippen LogP contribution is -2.27. The van der Waals surface area contributed by atoms with Crippen molar-refractivity contribution in [3.8, 4) is 11.8 Å². The molecule has 0 unspecified atom stereocenters. The predicted molar refractivity (Wildman–Crippen MR) is 141 cm³/mol. The van der Waals surface area contributed by atoms with Gasteiger partial charge in [-0.05, 0) is 120 Å². The van der Waals surface area contributed by atoms with Crippen LogP contribution in [0.15, 0.2) is 24.5 Å². The molecule has 0 spiro atoms. The molecule has 2 heterocycles. The molecule has 8 nitrogen and oxygen atoms in total. The van der Waals surface area contributed by atoms with Gasteiger partial charge in [0, 0.05) is 18.3 Å². The van der Waals surface area contributed by atoms with Crippen molar-refractivity contribution in [1.29, 1.82) is 0 Å². The Balaban J connectivity index is 0.000000162. The number of hydrogen-bond acceptors (Lipinski definition) is 6. The molecule has 4 aliphatic carbocycles. The van der Waals surface area contributed by atoms with Crippen LogP contribution < -0.4 is 9.47 Å². The maximum atomic E-state index is 11.9. The normalized spacial score (nSPS) is 19.5. The van der Waals surface area contributed by atoms with Gasteiger partial charge in [-0.3, -0.25) is 0 Å². The highest BCUT2D eigenvalue weighted by molar-refractivity contribution is 5.69. The number of ether oxygens (including phenoxy) is 3. The molecule has 4 aliphatic rings. The first-order valence-corrected chi connectivity index (χ1v) is 14.4. The van der Waals surface area contributed by atoms with E-state index < -0.39 is 11.7 Å². The summed E-state index contributed by atoms with van der Waals surface area (Å²) in [6.07, 6.45) is 16.6. The van der Waals surface area contributed by atoms with Crippen LogP contribution in [0.5, 0.6) is 11.8 Å². The quantitative estimate of drug-likeness (QED) is 0.350. The molecule has 0 amide bonds. The average molecular weight is 513 g/mol. The number of aromatic amines is 1. The first-order chi connectivity index (χ1) is 17.9. The SMILES string of the molecule is CC(C)(C)OC(=O)n1ccc(OCCC(C2CC2)C2CC2)n1.c1cc(OCCC(C2CC2)C2CC2)[nH]n1. The zero-order chi connectivity index (χ0) is 25.8. The molecule has 0 aliphatic heterocycles. The fourth-order valence-electron chi connectivity index (χ4n) is 5.53. The lowest BCUT2D eigenvalue weighted by atomic mass is 9.95. The van der Waals surface area contributed by atoms with Gasteiger partial charge >= 0.3 is 6.09 Å². The minimum absolute atomic E-state index is 0.476. The largest absolute Gasteiger partial charge is 0.478 e. The van der Waals surface area contributed by atoms with Crippen molar-refractivity contribution in [1.82, 2.24) is 20.0 Å². The Bertz CT molecular complexity index is 958. The number of H-pyrrole nitrogens is 1. The minimum Gasteiger partial charge on any atom is -0.478 e. The number of hydrogen-bond donors (Lipinski definition) is 1. The molecule has 204 valence electrons. The molecule has 2 aromatic rings. The summed E-state index contributed by atoms with van der Waals surface area (Å²) in [6.45, 7) is 7.04. The van der Waals surface area contributed by atoms with Gasteiger partial charge in [-0.1, -0.05) is 0 Å². The lowest BCUT2D eigenvalue weighted by Gasteiger charge is -2.18. The molecule has 4 fully saturated rings. The van der Waals surface area contributed by atoms with Crippen molar-refractivity contribution in [3.05, 3.63) is 24.5 Å². The van der Waals surface area contributed by atoms with Crippen LogP contribution in [0, 0.1) is 35.5 Å². The van der Waals surface area contributed by atoms with Crippen LogP contribution in [0.3, 0.4) is 0 Å². The van der Waals surface area contributed by atoms with Crippen molar-refractivity contribution in [2.45, 2.75) is 90.6 Å². The van der Waals surface area contributed by atoms with E-state index in [4.69, 9.17) is 14.2 Å². The molecule has 1 N–H and O–H groups in total. The van der Waals surface area contributed by atoms with E-state index >= 15 is 0 Å². The van der Waals surface area contributed by atoms with Crippen LogP contribution in [-0.2, 0) is 4.74 Å². The van der Waals surface area contributed by atoms with Crippen LogP contribution >= 0.6 is 0 Å². The summed E-state index contributed by atoms with van der Waals surface area (Å²) in [6, 6.07) is 3.59. The van der Waals surface area contributed by atoms with Crippen molar-refractivity contribution in [2.24, 2.45) is 35.5 Å². The molecular weight excluding hydrogens is 468 g/mol. The maximum Gasteiger partial charge on any atom is 0.435 e. The third-order valence-corrected chi connectivity index (χ3v) is 7.94. The number of carbonyl (C=O) groups is 1. The molecule has 0 saturated heterocycles. The zero-order valence-electron chi connectivity index (χ0n) is 22.7. The molecule has 4 saturated carbocycles. The van der Waals surface area contributed by atoms with Crippen molar-refractivity contribution < 1.29 is 19.0 Å². The smallest absolute Gasteiger partial charge is 0.435 e. The number of aromatic nitrogens is 4. The highest BCUT2D eigenvalue weighted by Crippen LogP contribution is 2.51. The summed E-state index contributed by atoms with van der Waals surface area (Å²) in [7, 11) is 0. The van der Waals surface area contributed by atoms with E-state index in [-0.39, 0.29) is 0 Å². The standard InChI is InChI=1S/C17H26N2O3.C12H18N2O/c1-17(2,3)22-16(20)19-10-8-15(18-19)21-11-9-14(12-4-5-12)13-6-7-13;1-2-9(1)11(10-3-4-10)6-8-15-12-5-7-13-14-12/h8,10,12-14H,4-7,9,11H2,1-3H3;5,7,9-11H,1-4,6,8H2,(H,13,14). The summed E-state index contributed by atoms with van der Waals surface area (Å²) >= 11 is 0.